The van der Waals surface area contributed by atoms with E-state index < -0.39 is 17.2 Å². The van der Waals surface area contributed by atoms with Crippen molar-refractivity contribution < 1.29 is 9.53 Å². The maximum atomic E-state index is 12.3. The molecule has 2 rings (SSSR count). The maximum Gasteiger partial charge on any atom is 0.330 e. The number of methoxy groups -OCH3 is 1. The molecule has 0 saturated carbocycles. The maximum absolute atomic E-state index is 12.3. The predicted molar refractivity (Wildman–Crippen MR) is 92.1 cm³/mol. The number of aryl methyl sites for hydroxylation is 1. The van der Waals surface area contributed by atoms with E-state index >= 15 is 0 Å². The van der Waals surface area contributed by atoms with Crippen molar-refractivity contribution in [2.75, 3.05) is 12.4 Å². The molecule has 0 aliphatic heterocycles. The molecule has 8 nitrogen and oxygen atoms in total. The molecule has 1 heterocycles. The third-order valence-corrected chi connectivity index (χ3v) is 3.49. The van der Waals surface area contributed by atoms with Crippen LogP contribution in [0.4, 0.5) is 5.69 Å². The normalized spacial score (nSPS) is 10.9. The number of anilines is 1. The van der Waals surface area contributed by atoms with Crippen molar-refractivity contribution in [1.29, 1.82) is 5.26 Å². The number of rotatable bonds is 4. The molecule has 8 heteroatoms. The number of carbonyl (C=O) groups is 1. The number of ether oxygens (including phenoxy) is 1. The van der Waals surface area contributed by atoms with Gasteiger partial charge >= 0.3 is 5.69 Å². The zero-order valence-corrected chi connectivity index (χ0v) is 13.9. The van der Waals surface area contributed by atoms with Gasteiger partial charge in [-0.05, 0) is 18.2 Å². The van der Waals surface area contributed by atoms with Gasteiger partial charge in [0.2, 0.25) is 0 Å². The number of carbonyl (C=O) groups excluding carboxylic acids is 1. The van der Waals surface area contributed by atoms with Gasteiger partial charge in [0.15, 0.2) is 0 Å². The summed E-state index contributed by atoms with van der Waals surface area (Å²) >= 11 is 0. The Balaban J connectivity index is 2.42. The first-order valence-electron chi connectivity index (χ1n) is 7.22. The average molecular weight is 340 g/mol. The van der Waals surface area contributed by atoms with Crippen LogP contribution in [0.1, 0.15) is 5.56 Å². The zero-order valence-electron chi connectivity index (χ0n) is 13.9. The number of nitrogens with one attached hydrogen (secondary N) is 1. The Morgan fingerprint density at radius 1 is 1.28 bits per heavy atom. The summed E-state index contributed by atoms with van der Waals surface area (Å²) in [4.78, 5) is 36.1. The van der Waals surface area contributed by atoms with E-state index in [1.165, 1.54) is 32.0 Å². The van der Waals surface area contributed by atoms with Gasteiger partial charge in [-0.15, -0.1) is 0 Å². The molecule has 0 spiro atoms. The van der Waals surface area contributed by atoms with Crippen LogP contribution in [0.15, 0.2) is 45.6 Å². The van der Waals surface area contributed by atoms with E-state index in [-0.39, 0.29) is 11.1 Å². The van der Waals surface area contributed by atoms with Crippen LogP contribution >= 0.6 is 0 Å². The minimum atomic E-state index is -0.692. The van der Waals surface area contributed by atoms with Crippen LogP contribution < -0.4 is 21.3 Å². The molecule has 0 atom stereocenters. The largest absolute Gasteiger partial charge is 0.495 e. The highest BCUT2D eigenvalue weighted by Gasteiger charge is 2.14. The molecule has 0 fully saturated rings. The van der Waals surface area contributed by atoms with Crippen molar-refractivity contribution in [3.8, 4) is 11.8 Å². The molecule has 0 unspecified atom stereocenters. The Morgan fingerprint density at radius 2 is 1.96 bits per heavy atom. The average Bonchev–Trinajstić information content (AvgIpc) is 2.62. The van der Waals surface area contributed by atoms with Crippen LogP contribution in [-0.4, -0.2) is 22.2 Å². The van der Waals surface area contributed by atoms with E-state index in [4.69, 9.17) is 4.74 Å². The van der Waals surface area contributed by atoms with E-state index in [1.807, 2.05) is 0 Å². The second kappa shape index (κ2) is 7.31. The molecule has 0 radical (unpaired) electrons. The van der Waals surface area contributed by atoms with Crippen LogP contribution in [0.25, 0.3) is 6.08 Å². The number of para-hydroxylation sites is 2. The molecule has 2 aromatic rings. The van der Waals surface area contributed by atoms with Crippen LogP contribution in [0, 0.1) is 11.3 Å². The lowest BCUT2D eigenvalue weighted by molar-refractivity contribution is -0.112. The number of hydrogen-bond acceptors (Lipinski definition) is 5. The zero-order chi connectivity index (χ0) is 18.6. The van der Waals surface area contributed by atoms with Crippen molar-refractivity contribution >= 4 is 17.7 Å². The molecular weight excluding hydrogens is 324 g/mol. The Bertz CT molecular complexity index is 1010. The van der Waals surface area contributed by atoms with E-state index in [1.54, 1.807) is 30.3 Å². The van der Waals surface area contributed by atoms with Crippen molar-refractivity contribution in [2.24, 2.45) is 14.1 Å². The second-order valence-electron chi connectivity index (χ2n) is 5.17. The quantitative estimate of drug-likeness (QED) is 0.649. The SMILES string of the molecule is COc1ccccc1NC(=O)/C(C#N)=C/c1cn(C)c(=O)n(C)c1=O. The molecule has 128 valence electrons. The van der Waals surface area contributed by atoms with Gasteiger partial charge in [-0.1, -0.05) is 12.1 Å². The summed E-state index contributed by atoms with van der Waals surface area (Å²) in [5.41, 5.74) is -0.928. The number of nitriles is 1. The monoisotopic (exact) mass is 340 g/mol. The summed E-state index contributed by atoms with van der Waals surface area (Å²) in [5, 5.41) is 11.8. The Kier molecular flexibility index (Phi) is 5.19. The first-order chi connectivity index (χ1) is 11.9. The van der Waals surface area contributed by atoms with Crippen molar-refractivity contribution in [2.45, 2.75) is 0 Å². The number of benzene rings is 1. The van der Waals surface area contributed by atoms with Gasteiger partial charge in [-0.3, -0.25) is 14.2 Å². The molecule has 0 aliphatic carbocycles. The first-order valence-corrected chi connectivity index (χ1v) is 7.22. The molecule has 1 amide bonds. The van der Waals surface area contributed by atoms with Gasteiger partial charge in [-0.25, -0.2) is 4.79 Å². The lowest BCUT2D eigenvalue weighted by Gasteiger charge is -2.09. The third kappa shape index (κ3) is 3.67. The molecule has 25 heavy (non-hydrogen) atoms. The Morgan fingerprint density at radius 3 is 2.60 bits per heavy atom. The first kappa shape index (κ1) is 17.7. The molecule has 0 saturated heterocycles. The minimum absolute atomic E-state index is 0.0522. The fraction of sp³-hybridized carbons (Fsp3) is 0.176. The van der Waals surface area contributed by atoms with E-state index in [9.17, 15) is 19.6 Å². The standard InChI is InChI=1S/C17H16N4O4/c1-20-10-12(16(23)21(2)17(20)24)8-11(9-18)15(22)19-13-6-4-5-7-14(13)25-3/h4-8,10H,1-3H3,(H,19,22)/b11-8+. The van der Waals surface area contributed by atoms with E-state index in [0.29, 0.717) is 11.4 Å². The highest BCUT2D eigenvalue weighted by Crippen LogP contribution is 2.23. The summed E-state index contributed by atoms with van der Waals surface area (Å²) < 4.78 is 7.23. The summed E-state index contributed by atoms with van der Waals surface area (Å²) in [5.74, 6) is -0.255. The Hall–Kier alpha value is -3.60. The smallest absolute Gasteiger partial charge is 0.330 e. The molecule has 1 aromatic heterocycles. The van der Waals surface area contributed by atoms with Crippen LogP contribution in [0.3, 0.4) is 0 Å². The topological polar surface area (TPSA) is 106 Å². The molecule has 1 N–H and O–H groups in total. The second-order valence-corrected chi connectivity index (χ2v) is 5.17. The minimum Gasteiger partial charge on any atom is -0.495 e. The van der Waals surface area contributed by atoms with Gasteiger partial charge in [0.05, 0.1) is 18.4 Å². The summed E-state index contributed by atoms with van der Waals surface area (Å²) in [6, 6.07) is 8.49. The number of amides is 1. The van der Waals surface area contributed by atoms with Gasteiger partial charge in [0, 0.05) is 20.3 Å². The van der Waals surface area contributed by atoms with Gasteiger partial charge < -0.3 is 14.6 Å². The predicted octanol–water partition coefficient (Wildman–Crippen LogP) is 0.638. The van der Waals surface area contributed by atoms with E-state index in [0.717, 1.165) is 10.6 Å². The lowest BCUT2D eigenvalue weighted by atomic mass is 10.1. The van der Waals surface area contributed by atoms with Crippen LogP contribution in [0.5, 0.6) is 5.75 Å². The number of hydrogen-bond donors (Lipinski definition) is 1. The summed E-state index contributed by atoms with van der Waals surface area (Å²) in [6.45, 7) is 0. The fourth-order valence-corrected chi connectivity index (χ4v) is 2.18. The number of nitrogens with zero attached hydrogens (tertiary/aromatic N) is 3. The lowest BCUT2D eigenvalue weighted by Crippen LogP contribution is -2.37. The van der Waals surface area contributed by atoms with Gasteiger partial charge in [0.1, 0.15) is 17.4 Å². The highest BCUT2D eigenvalue weighted by molar-refractivity contribution is 6.10. The third-order valence-electron chi connectivity index (χ3n) is 3.49. The highest BCUT2D eigenvalue weighted by atomic mass is 16.5. The van der Waals surface area contributed by atoms with Crippen LogP contribution in [-0.2, 0) is 18.9 Å². The summed E-state index contributed by atoms with van der Waals surface area (Å²) in [6.07, 6.45) is 2.42. The van der Waals surface area contributed by atoms with Gasteiger partial charge in [-0.2, -0.15) is 5.26 Å². The van der Waals surface area contributed by atoms with Crippen LogP contribution in [0.2, 0.25) is 0 Å². The molecule has 0 bridgehead atoms. The van der Waals surface area contributed by atoms with Crippen molar-refractivity contribution in [3.63, 3.8) is 0 Å². The van der Waals surface area contributed by atoms with Gasteiger partial charge in [0.25, 0.3) is 11.5 Å². The van der Waals surface area contributed by atoms with Crippen molar-refractivity contribution in [3.05, 3.63) is 62.4 Å². The fourth-order valence-electron chi connectivity index (χ4n) is 2.18. The van der Waals surface area contributed by atoms with E-state index in [2.05, 4.69) is 5.32 Å². The molecular formula is C17H16N4O4. The number of aromatic nitrogens is 2. The molecule has 0 aliphatic rings. The molecule has 1 aromatic carbocycles. The van der Waals surface area contributed by atoms with Crippen molar-refractivity contribution in [1.82, 2.24) is 9.13 Å². The summed E-state index contributed by atoms with van der Waals surface area (Å²) in [7, 11) is 4.25. The Labute approximate surface area is 143 Å².